The Balaban J connectivity index is 1.39. The summed E-state index contributed by atoms with van der Waals surface area (Å²) in [5.74, 6) is -2.98. The second-order valence-electron chi connectivity index (χ2n) is 13.9. The molecule has 242 valence electrons. The minimum absolute atomic E-state index is 0.0536. The molecule has 0 amide bonds. The lowest BCUT2D eigenvalue weighted by atomic mass is 9.43. The van der Waals surface area contributed by atoms with Gasteiger partial charge in [0, 0.05) is 46.2 Å². The molecule has 0 aliphatic heterocycles. The van der Waals surface area contributed by atoms with E-state index in [0.29, 0.717) is 25.7 Å². The number of alkyl halides is 1. The zero-order valence-electron chi connectivity index (χ0n) is 26.6. The molecule has 3 fully saturated rings. The SMILES string of the molecule is CCC(=O)OCC(=O)[C@@]1(OC(=O)CC)[C@@H](C)C[C@H]2[C@@H]3CCC4=Cc5nn(-c6ccccc6Br)cc5C[C@]4(C)[C@@]3(F)[C@@H](O)C[C@@]21C. The van der Waals surface area contributed by atoms with Gasteiger partial charge in [0.25, 0.3) is 0 Å². The highest BCUT2D eigenvalue weighted by molar-refractivity contribution is 9.10. The van der Waals surface area contributed by atoms with Gasteiger partial charge in [-0.2, -0.15) is 5.10 Å². The summed E-state index contributed by atoms with van der Waals surface area (Å²) in [5.41, 5.74) is -2.16. The molecule has 8 nitrogen and oxygen atoms in total. The maximum atomic E-state index is 18.2. The normalized spacial score (nSPS) is 36.6. The molecule has 8 atom stereocenters. The van der Waals surface area contributed by atoms with Crippen molar-refractivity contribution in [1.82, 2.24) is 9.78 Å². The molecule has 1 aromatic carbocycles. The molecule has 0 bridgehead atoms. The average molecular weight is 686 g/mol. The number of aliphatic hydroxyl groups excluding tert-OH is 1. The molecule has 1 heterocycles. The van der Waals surface area contributed by atoms with Crippen LogP contribution in [0.15, 0.2) is 40.5 Å². The van der Waals surface area contributed by atoms with Crippen molar-refractivity contribution in [2.45, 2.75) is 96.9 Å². The van der Waals surface area contributed by atoms with Gasteiger partial charge in [-0.15, -0.1) is 0 Å². The number of benzene rings is 1. The fraction of sp³-hybridized carbons (Fsp3) is 0.600. The molecule has 0 spiro atoms. The number of aliphatic hydroxyl groups is 1. The summed E-state index contributed by atoms with van der Waals surface area (Å²) in [6, 6.07) is 7.79. The van der Waals surface area contributed by atoms with Gasteiger partial charge in [-0.25, -0.2) is 9.07 Å². The van der Waals surface area contributed by atoms with E-state index < -0.39 is 64.4 Å². The first kappa shape index (κ1) is 32.1. The molecular weight excluding hydrogens is 643 g/mol. The largest absolute Gasteiger partial charge is 0.457 e. The summed E-state index contributed by atoms with van der Waals surface area (Å²) in [5, 5.41) is 16.9. The maximum Gasteiger partial charge on any atom is 0.306 e. The maximum absolute atomic E-state index is 18.2. The number of ether oxygens (including phenoxy) is 2. The van der Waals surface area contributed by atoms with Gasteiger partial charge in [0.2, 0.25) is 5.78 Å². The van der Waals surface area contributed by atoms with Crippen molar-refractivity contribution in [3.63, 3.8) is 0 Å². The topological polar surface area (TPSA) is 108 Å². The van der Waals surface area contributed by atoms with Gasteiger partial charge < -0.3 is 14.6 Å². The highest BCUT2D eigenvalue weighted by atomic mass is 79.9. The number of esters is 2. The van der Waals surface area contributed by atoms with Crippen molar-refractivity contribution in [1.29, 1.82) is 0 Å². The first-order chi connectivity index (χ1) is 21.3. The van der Waals surface area contributed by atoms with Gasteiger partial charge in [-0.3, -0.25) is 14.4 Å². The molecule has 0 radical (unpaired) electrons. The number of aromatic nitrogens is 2. The molecule has 6 rings (SSSR count). The summed E-state index contributed by atoms with van der Waals surface area (Å²) in [7, 11) is 0. The summed E-state index contributed by atoms with van der Waals surface area (Å²) >= 11 is 3.61. The van der Waals surface area contributed by atoms with E-state index in [4.69, 9.17) is 14.6 Å². The Bertz CT molecular complexity index is 1590. The van der Waals surface area contributed by atoms with E-state index in [-0.39, 0.29) is 25.2 Å². The first-order valence-electron chi connectivity index (χ1n) is 16.1. The number of nitrogens with zero attached hydrogens (tertiary/aromatic N) is 2. The quantitative estimate of drug-likeness (QED) is 0.339. The first-order valence-corrected chi connectivity index (χ1v) is 16.9. The number of carbonyl (C=O) groups is 3. The number of Topliss-reactive ketones (excluding diaryl/α,β-unsaturated/α-hetero) is 1. The molecule has 2 aromatic rings. The lowest BCUT2D eigenvalue weighted by Gasteiger charge is -2.63. The monoisotopic (exact) mass is 684 g/mol. The third kappa shape index (κ3) is 4.44. The van der Waals surface area contributed by atoms with Gasteiger partial charge in [-0.1, -0.05) is 52.3 Å². The smallest absolute Gasteiger partial charge is 0.306 e. The van der Waals surface area contributed by atoms with Gasteiger partial charge in [0.15, 0.2) is 12.2 Å². The van der Waals surface area contributed by atoms with E-state index in [9.17, 15) is 19.5 Å². The number of carbonyl (C=O) groups excluding carboxylic acids is 3. The Morgan fingerprint density at radius 2 is 1.84 bits per heavy atom. The number of allylic oxidation sites excluding steroid dienone is 1. The van der Waals surface area contributed by atoms with Crippen molar-refractivity contribution in [2.75, 3.05) is 6.61 Å². The highest BCUT2D eigenvalue weighted by Crippen LogP contribution is 2.72. The van der Waals surface area contributed by atoms with Crippen molar-refractivity contribution >= 4 is 39.7 Å². The molecule has 4 aliphatic rings. The number of hydrogen-bond acceptors (Lipinski definition) is 7. The van der Waals surface area contributed by atoms with Crippen LogP contribution in [-0.2, 0) is 30.3 Å². The van der Waals surface area contributed by atoms with E-state index in [1.165, 1.54) is 0 Å². The second-order valence-corrected chi connectivity index (χ2v) is 14.8. The Kier molecular flexibility index (Phi) is 7.95. The fourth-order valence-corrected chi connectivity index (χ4v) is 10.1. The van der Waals surface area contributed by atoms with Crippen molar-refractivity contribution in [3.05, 3.63) is 51.8 Å². The molecule has 1 N–H and O–H groups in total. The Morgan fingerprint density at radius 3 is 2.53 bits per heavy atom. The van der Waals surface area contributed by atoms with E-state index in [1.54, 1.807) is 13.8 Å². The fourth-order valence-electron chi connectivity index (χ4n) is 9.61. The predicted molar refractivity (Wildman–Crippen MR) is 169 cm³/mol. The third-order valence-corrected chi connectivity index (χ3v) is 12.5. The van der Waals surface area contributed by atoms with Crippen molar-refractivity contribution in [2.24, 2.45) is 28.6 Å². The number of hydrogen-bond donors (Lipinski definition) is 1. The summed E-state index contributed by atoms with van der Waals surface area (Å²) < 4.78 is 32.3. The van der Waals surface area contributed by atoms with Crippen LogP contribution >= 0.6 is 15.9 Å². The molecule has 0 saturated heterocycles. The van der Waals surface area contributed by atoms with Crippen molar-refractivity contribution < 1.29 is 33.4 Å². The van der Waals surface area contributed by atoms with Gasteiger partial charge in [0.1, 0.15) is 5.67 Å². The Hall–Kier alpha value is -2.85. The molecule has 10 heteroatoms. The number of fused-ring (bicyclic) bond motifs is 6. The van der Waals surface area contributed by atoms with Crippen LogP contribution < -0.4 is 0 Å². The molecule has 3 saturated carbocycles. The highest BCUT2D eigenvalue weighted by Gasteiger charge is 2.77. The van der Waals surface area contributed by atoms with Crippen LogP contribution in [-0.4, -0.2) is 56.6 Å². The summed E-state index contributed by atoms with van der Waals surface area (Å²) in [6.07, 6.45) is 4.56. The minimum Gasteiger partial charge on any atom is -0.457 e. The standard InChI is InChI=1S/C35H42BrFN2O6/c1-6-30(42)44-19-29(41)35(45-31(43)7-2)20(3)14-24-23-13-12-22-15-26-21(18-39(38-26)27-11-9-8-10-25(27)36)16-32(22,4)34(23,37)28(40)17-33(24,35)5/h8-11,15,18,20,23-24,28,40H,6-7,12-14,16-17,19H2,1-5H3/t20-,23-,24-,28-,32-,33-,34-,35-/m0/s1. The summed E-state index contributed by atoms with van der Waals surface area (Å²) in [4.78, 5) is 39.0. The van der Waals surface area contributed by atoms with Crippen LogP contribution in [0.1, 0.15) is 84.4 Å². The number of rotatable bonds is 7. The van der Waals surface area contributed by atoms with Crippen molar-refractivity contribution in [3.8, 4) is 5.69 Å². The minimum atomic E-state index is -1.99. The number of ketones is 1. The van der Waals surface area contributed by atoms with E-state index >= 15 is 4.39 Å². The lowest BCUT2D eigenvalue weighted by Crippen LogP contribution is -2.70. The number of halogens is 2. The molecular formula is C35H42BrFN2O6. The van der Waals surface area contributed by atoms with Crippen LogP contribution in [0.2, 0.25) is 0 Å². The average Bonchev–Trinajstić information content (AvgIpc) is 3.50. The molecule has 4 aliphatic carbocycles. The molecule has 0 unspecified atom stereocenters. The van der Waals surface area contributed by atoms with Crippen LogP contribution in [0, 0.1) is 28.6 Å². The number of para-hydroxylation sites is 1. The Morgan fingerprint density at radius 1 is 1.13 bits per heavy atom. The Labute approximate surface area is 271 Å². The second kappa shape index (κ2) is 11.1. The van der Waals surface area contributed by atoms with E-state index in [1.807, 2.05) is 62.0 Å². The van der Waals surface area contributed by atoms with Gasteiger partial charge in [0.05, 0.1) is 17.5 Å². The van der Waals surface area contributed by atoms with Crippen LogP contribution in [0.25, 0.3) is 11.8 Å². The van der Waals surface area contributed by atoms with Crippen LogP contribution in [0.3, 0.4) is 0 Å². The zero-order valence-corrected chi connectivity index (χ0v) is 28.2. The van der Waals surface area contributed by atoms with E-state index in [2.05, 4.69) is 15.9 Å². The van der Waals surface area contributed by atoms with E-state index in [0.717, 1.165) is 27.0 Å². The van der Waals surface area contributed by atoms with Gasteiger partial charge in [-0.05, 0) is 77.7 Å². The third-order valence-electron chi connectivity index (χ3n) is 11.8. The molecule has 45 heavy (non-hydrogen) atoms. The van der Waals surface area contributed by atoms with Gasteiger partial charge >= 0.3 is 11.9 Å². The predicted octanol–water partition coefficient (Wildman–Crippen LogP) is 6.34. The summed E-state index contributed by atoms with van der Waals surface area (Å²) in [6.45, 7) is 8.41. The lowest BCUT2D eigenvalue weighted by molar-refractivity contribution is -0.234. The van der Waals surface area contributed by atoms with Crippen LogP contribution in [0.5, 0.6) is 0 Å². The molecule has 1 aromatic heterocycles. The van der Waals surface area contributed by atoms with Crippen LogP contribution in [0.4, 0.5) is 4.39 Å². The zero-order chi connectivity index (χ0) is 32.5.